The zero-order valence-corrected chi connectivity index (χ0v) is 23.5. The highest BCUT2D eigenvalue weighted by Crippen LogP contribution is 2.37. The summed E-state index contributed by atoms with van der Waals surface area (Å²) >= 11 is 0. The van der Waals surface area contributed by atoms with Crippen molar-refractivity contribution in [2.75, 3.05) is 29.9 Å². The van der Waals surface area contributed by atoms with Crippen molar-refractivity contribution < 1.29 is 18.4 Å². The first-order chi connectivity index (χ1) is 20.1. The number of carbonyl (C=O) groups excluding carboxylic acids is 2. The lowest BCUT2D eigenvalue weighted by Gasteiger charge is -2.23. The fraction of sp³-hybridized carbons (Fsp3) is 0.345. The number of fused-ring (bicyclic) bond motifs is 1. The Balaban J connectivity index is 1.53. The Labute approximate surface area is 240 Å². The van der Waals surface area contributed by atoms with E-state index in [9.17, 15) is 23.2 Å². The monoisotopic (exact) mass is 578 g/mol. The molecule has 1 fully saturated rings. The van der Waals surface area contributed by atoms with Gasteiger partial charge in [0.05, 0.1) is 16.9 Å². The van der Waals surface area contributed by atoms with Crippen LogP contribution in [0.5, 0.6) is 0 Å². The van der Waals surface area contributed by atoms with Crippen molar-refractivity contribution >= 4 is 34.2 Å². The molecule has 42 heavy (non-hydrogen) atoms. The number of rotatable bonds is 8. The predicted molar refractivity (Wildman–Crippen MR) is 155 cm³/mol. The Bertz CT molecular complexity index is 1710. The highest BCUT2D eigenvalue weighted by atomic mass is 19.1. The van der Waals surface area contributed by atoms with Crippen LogP contribution >= 0.6 is 0 Å². The molecule has 2 aromatic carbocycles. The van der Waals surface area contributed by atoms with Gasteiger partial charge in [-0.2, -0.15) is 9.78 Å². The summed E-state index contributed by atoms with van der Waals surface area (Å²) in [6.07, 6.45) is 0.919. The van der Waals surface area contributed by atoms with Gasteiger partial charge in [-0.25, -0.2) is 13.8 Å². The largest absolute Gasteiger partial charge is 0.366 e. The molecule has 1 saturated heterocycles. The summed E-state index contributed by atoms with van der Waals surface area (Å²) in [7, 11) is 1.93. The fourth-order valence-electron chi connectivity index (χ4n) is 5.28. The summed E-state index contributed by atoms with van der Waals surface area (Å²) in [6, 6.07) is 8.89. The molecule has 4 N–H and O–H groups in total. The van der Waals surface area contributed by atoms with Crippen LogP contribution in [0, 0.1) is 11.6 Å². The van der Waals surface area contributed by atoms with Crippen LogP contribution in [-0.2, 0) is 11.8 Å². The van der Waals surface area contributed by atoms with E-state index in [0.29, 0.717) is 41.1 Å². The van der Waals surface area contributed by atoms with E-state index >= 15 is 0 Å². The summed E-state index contributed by atoms with van der Waals surface area (Å²) in [6.45, 7) is 5.43. The summed E-state index contributed by atoms with van der Waals surface area (Å²) in [5.41, 5.74) is 6.48. The van der Waals surface area contributed by atoms with Gasteiger partial charge >= 0.3 is 0 Å². The Morgan fingerprint density at radius 3 is 2.52 bits per heavy atom. The third-order valence-corrected chi connectivity index (χ3v) is 7.25. The molecule has 11 nitrogen and oxygen atoms in total. The van der Waals surface area contributed by atoms with Crippen molar-refractivity contribution in [2.24, 2.45) is 12.8 Å². The van der Waals surface area contributed by atoms with Crippen molar-refractivity contribution in [3.8, 4) is 5.69 Å². The summed E-state index contributed by atoms with van der Waals surface area (Å²) in [5.74, 6) is -1.79. The molecule has 4 aromatic rings. The van der Waals surface area contributed by atoms with Crippen LogP contribution in [0.4, 0.5) is 20.2 Å². The average Bonchev–Trinajstić information content (AvgIpc) is 3.53. The van der Waals surface area contributed by atoms with Gasteiger partial charge < -0.3 is 25.8 Å². The molecule has 3 heterocycles. The fourth-order valence-corrected chi connectivity index (χ4v) is 5.28. The standard InChI is InChI=1S/C29H32F2N8O3/c1-16(2)28-35-25-22(37(28)3)9-7-20(27(25)38-14-12-17(15-38)33-23(40)11-13-32)34-29(42)21-8-10-24(41)39(36-21)26-18(30)5-4-6-19(26)31/h4-10,16-17H,11-15,32H2,1-3H3,(H,33,40)(H,34,42)/t17-/m1/s1. The number of amides is 2. The van der Waals surface area contributed by atoms with E-state index < -0.39 is 28.8 Å². The van der Waals surface area contributed by atoms with E-state index in [2.05, 4.69) is 20.6 Å². The topological polar surface area (TPSA) is 140 Å². The molecule has 1 aliphatic rings. The molecule has 0 saturated carbocycles. The summed E-state index contributed by atoms with van der Waals surface area (Å²) < 4.78 is 31.4. The Kier molecular flexibility index (Phi) is 8.03. The SMILES string of the molecule is CC(C)c1nc2c(N3CC[C@@H](NC(=O)CCN)C3)c(NC(=O)c3ccc(=O)n(-c4c(F)cccc4F)n3)ccc2n1C. The van der Waals surface area contributed by atoms with E-state index in [-0.39, 0.29) is 36.5 Å². The van der Waals surface area contributed by atoms with Crippen molar-refractivity contribution in [3.63, 3.8) is 0 Å². The summed E-state index contributed by atoms with van der Waals surface area (Å²) in [5, 5.41) is 9.84. The van der Waals surface area contributed by atoms with Crippen LogP contribution in [-0.4, -0.2) is 56.8 Å². The lowest BCUT2D eigenvalue weighted by atomic mass is 10.2. The lowest BCUT2D eigenvalue weighted by Crippen LogP contribution is -2.38. The second-order valence-corrected chi connectivity index (χ2v) is 10.5. The first-order valence-corrected chi connectivity index (χ1v) is 13.7. The number of aryl methyl sites for hydroxylation is 1. The van der Waals surface area contributed by atoms with Crippen LogP contribution in [0.1, 0.15) is 48.9 Å². The second-order valence-electron chi connectivity index (χ2n) is 10.5. The van der Waals surface area contributed by atoms with Crippen molar-refractivity contribution in [3.05, 3.63) is 76.0 Å². The molecule has 0 radical (unpaired) electrons. The maximum Gasteiger partial charge on any atom is 0.276 e. The van der Waals surface area contributed by atoms with Gasteiger partial charge in [0.1, 0.15) is 22.7 Å². The third-order valence-electron chi connectivity index (χ3n) is 7.25. The smallest absolute Gasteiger partial charge is 0.276 e. The number of nitrogens with one attached hydrogen (secondary N) is 2. The van der Waals surface area contributed by atoms with Crippen molar-refractivity contribution in [2.45, 2.75) is 38.6 Å². The number of anilines is 2. The van der Waals surface area contributed by atoms with E-state index in [4.69, 9.17) is 10.7 Å². The van der Waals surface area contributed by atoms with Gasteiger partial charge in [0.15, 0.2) is 11.6 Å². The molecular weight excluding hydrogens is 546 g/mol. The molecule has 2 amide bonds. The maximum atomic E-state index is 14.4. The van der Waals surface area contributed by atoms with Gasteiger partial charge in [-0.3, -0.25) is 14.4 Å². The molecule has 0 aliphatic carbocycles. The summed E-state index contributed by atoms with van der Waals surface area (Å²) in [4.78, 5) is 45.1. The van der Waals surface area contributed by atoms with Crippen LogP contribution < -0.4 is 26.8 Å². The zero-order valence-electron chi connectivity index (χ0n) is 23.5. The Morgan fingerprint density at radius 1 is 1.10 bits per heavy atom. The van der Waals surface area contributed by atoms with Gasteiger partial charge in [-0.05, 0) is 36.8 Å². The number of imidazole rings is 1. The number of hydrogen-bond acceptors (Lipinski definition) is 7. The van der Waals surface area contributed by atoms with Crippen LogP contribution in [0.25, 0.3) is 16.7 Å². The quantitative estimate of drug-likeness (QED) is 0.292. The molecule has 1 aliphatic heterocycles. The van der Waals surface area contributed by atoms with E-state index in [0.717, 1.165) is 29.5 Å². The molecule has 1 atom stereocenters. The van der Waals surface area contributed by atoms with Crippen molar-refractivity contribution in [1.82, 2.24) is 24.6 Å². The number of para-hydroxylation sites is 1. The molecule has 13 heteroatoms. The van der Waals surface area contributed by atoms with Gasteiger partial charge in [0.25, 0.3) is 11.5 Å². The average molecular weight is 579 g/mol. The minimum Gasteiger partial charge on any atom is -0.366 e. The Morgan fingerprint density at radius 2 is 1.83 bits per heavy atom. The van der Waals surface area contributed by atoms with Gasteiger partial charge in [0.2, 0.25) is 5.91 Å². The molecule has 0 unspecified atom stereocenters. The molecular formula is C29H32F2N8O3. The maximum absolute atomic E-state index is 14.4. The van der Waals surface area contributed by atoms with E-state index in [1.165, 1.54) is 12.1 Å². The highest BCUT2D eigenvalue weighted by molar-refractivity contribution is 6.08. The second kappa shape index (κ2) is 11.7. The van der Waals surface area contributed by atoms with Gasteiger partial charge in [0, 0.05) is 51.1 Å². The first-order valence-electron chi connectivity index (χ1n) is 13.7. The van der Waals surface area contributed by atoms with Crippen LogP contribution in [0.15, 0.2) is 47.3 Å². The first kappa shape index (κ1) is 28.9. The minimum absolute atomic E-state index is 0.114. The number of nitrogens with two attached hydrogens (primary N) is 1. The third kappa shape index (κ3) is 5.47. The predicted octanol–water partition coefficient (Wildman–Crippen LogP) is 2.82. The molecule has 2 aromatic heterocycles. The number of hydrogen-bond donors (Lipinski definition) is 3. The van der Waals surface area contributed by atoms with Crippen LogP contribution in [0.3, 0.4) is 0 Å². The molecule has 220 valence electrons. The number of nitrogens with zero attached hydrogens (tertiary/aromatic N) is 5. The minimum atomic E-state index is -0.992. The Hall–Kier alpha value is -4.65. The number of benzene rings is 2. The highest BCUT2D eigenvalue weighted by Gasteiger charge is 2.29. The zero-order chi connectivity index (χ0) is 30.1. The normalized spacial score (nSPS) is 15.0. The lowest BCUT2D eigenvalue weighted by molar-refractivity contribution is -0.121. The van der Waals surface area contributed by atoms with E-state index in [1.54, 1.807) is 6.07 Å². The van der Waals surface area contributed by atoms with E-state index in [1.807, 2.05) is 31.5 Å². The van der Waals surface area contributed by atoms with Gasteiger partial charge in [-0.1, -0.05) is 19.9 Å². The molecule has 5 rings (SSSR count). The van der Waals surface area contributed by atoms with Gasteiger partial charge in [-0.15, -0.1) is 0 Å². The molecule has 0 spiro atoms. The number of aromatic nitrogens is 4. The number of carbonyl (C=O) groups is 2. The molecule has 0 bridgehead atoms. The number of halogens is 2. The van der Waals surface area contributed by atoms with Crippen molar-refractivity contribution in [1.29, 1.82) is 0 Å². The van der Waals surface area contributed by atoms with Crippen LogP contribution in [0.2, 0.25) is 0 Å².